The molecule has 0 spiro atoms. The molecule has 4 aromatic rings. The molecule has 0 atom stereocenters. The number of pyridine rings is 1. The molecule has 0 aliphatic heterocycles. The van der Waals surface area contributed by atoms with E-state index in [1.165, 1.54) is 0 Å². The van der Waals surface area contributed by atoms with Gasteiger partial charge < -0.3 is 16.0 Å². The van der Waals surface area contributed by atoms with Crippen LogP contribution in [0.4, 0.5) is 5.69 Å². The van der Waals surface area contributed by atoms with Gasteiger partial charge in [0.05, 0.1) is 0 Å². The topological polar surface area (TPSA) is 95.2 Å². The van der Waals surface area contributed by atoms with Crippen LogP contribution in [0.2, 0.25) is 0 Å². The molecule has 0 unspecified atom stereocenters. The number of nitrogens with zero attached hydrogens (tertiary/aromatic N) is 3. The fourth-order valence-electron chi connectivity index (χ4n) is 3.63. The monoisotopic (exact) mass is 526 g/mol. The van der Waals surface area contributed by atoms with E-state index in [0.29, 0.717) is 17.1 Å². The Hall–Kier alpha value is -3.91. The predicted octanol–water partition coefficient (Wildman–Crippen LogP) is 7.06. The summed E-state index contributed by atoms with van der Waals surface area (Å²) in [5, 5.41) is 23.3. The van der Waals surface area contributed by atoms with Gasteiger partial charge in [0.1, 0.15) is 11.6 Å². The van der Waals surface area contributed by atoms with E-state index >= 15 is 0 Å². The Morgan fingerprint density at radius 1 is 1.03 bits per heavy atom. The summed E-state index contributed by atoms with van der Waals surface area (Å²) in [5.41, 5.74) is 3.36. The molecular formula is C30H34N6OS. The van der Waals surface area contributed by atoms with Crippen molar-refractivity contribution in [1.82, 2.24) is 19.9 Å². The largest absolute Gasteiger partial charge is 0.342 e. The number of hydrogen-bond acceptors (Lipinski definition) is 6. The van der Waals surface area contributed by atoms with Crippen molar-refractivity contribution in [1.29, 1.82) is 5.41 Å². The van der Waals surface area contributed by atoms with Gasteiger partial charge in [-0.05, 0) is 49.4 Å². The molecule has 2 aromatic carbocycles. The second kappa shape index (κ2) is 11.2. The van der Waals surface area contributed by atoms with E-state index in [0.717, 1.165) is 32.5 Å². The number of carbonyl (C=O) groups is 1. The van der Waals surface area contributed by atoms with E-state index in [1.807, 2.05) is 92.9 Å². The van der Waals surface area contributed by atoms with E-state index in [-0.39, 0.29) is 17.2 Å². The summed E-state index contributed by atoms with van der Waals surface area (Å²) in [6.07, 6.45) is 3.71. The maximum Gasteiger partial charge on any atom is 0.256 e. The lowest BCUT2D eigenvalue weighted by molar-refractivity contribution is 0.0966. The number of aromatic nitrogens is 3. The van der Waals surface area contributed by atoms with Gasteiger partial charge in [-0.15, -0.1) is 10.2 Å². The molecular weight excluding hydrogens is 492 g/mol. The van der Waals surface area contributed by atoms with Crippen molar-refractivity contribution in [3.8, 4) is 0 Å². The van der Waals surface area contributed by atoms with Gasteiger partial charge in [0.2, 0.25) is 0 Å². The van der Waals surface area contributed by atoms with E-state index in [4.69, 9.17) is 5.41 Å². The highest BCUT2D eigenvalue weighted by molar-refractivity contribution is 7.99. The van der Waals surface area contributed by atoms with Crippen LogP contribution in [-0.2, 0) is 0 Å². The summed E-state index contributed by atoms with van der Waals surface area (Å²) in [6.45, 7) is 12.1. The van der Waals surface area contributed by atoms with E-state index in [9.17, 15) is 4.79 Å². The molecule has 0 saturated carbocycles. The number of amides is 1. The Labute approximate surface area is 228 Å². The molecule has 3 N–H and O–H groups in total. The van der Waals surface area contributed by atoms with Crippen molar-refractivity contribution in [2.24, 2.45) is 5.41 Å². The first-order valence-corrected chi connectivity index (χ1v) is 13.4. The highest BCUT2D eigenvalue weighted by Gasteiger charge is 2.18. The number of nitrogens with one attached hydrogen (secondary N) is 3. The lowest BCUT2D eigenvalue weighted by Gasteiger charge is -2.20. The Morgan fingerprint density at radius 2 is 1.76 bits per heavy atom. The van der Waals surface area contributed by atoms with Crippen LogP contribution in [-0.4, -0.2) is 26.2 Å². The van der Waals surface area contributed by atoms with Crippen LogP contribution in [0.1, 0.15) is 62.3 Å². The van der Waals surface area contributed by atoms with Crippen LogP contribution in [0.3, 0.4) is 0 Å². The number of carbonyl (C=O) groups excluding carboxylic acids is 1. The Kier molecular flexibility index (Phi) is 8.02. The zero-order valence-corrected chi connectivity index (χ0v) is 23.5. The zero-order chi connectivity index (χ0) is 27.4. The Bertz CT molecular complexity index is 1500. The molecule has 0 radical (unpaired) electrons. The number of fused-ring (bicyclic) bond motifs is 1. The molecule has 8 heteroatoms. The van der Waals surface area contributed by atoms with Gasteiger partial charge in [0.15, 0.2) is 5.65 Å². The number of allylic oxidation sites excluding steroid dienone is 1. The third-order valence-corrected chi connectivity index (χ3v) is 6.89. The highest BCUT2D eigenvalue weighted by atomic mass is 32.2. The second-order valence-electron chi connectivity index (χ2n) is 10.6. The van der Waals surface area contributed by atoms with Crippen molar-refractivity contribution in [3.63, 3.8) is 0 Å². The zero-order valence-electron chi connectivity index (χ0n) is 22.7. The molecule has 0 aliphatic rings. The SMILES string of the molecule is Cc1ccc(N/C(=C\C(=N)C(C)(C)C)NC(=O)c2cccc(Sc3ccc4nnc(C(C)C)n4c3)c2)cc1. The third kappa shape index (κ3) is 6.69. The number of anilines is 1. The molecule has 2 heterocycles. The summed E-state index contributed by atoms with van der Waals surface area (Å²) in [7, 11) is 0. The first-order valence-electron chi connectivity index (χ1n) is 12.6. The van der Waals surface area contributed by atoms with Gasteiger partial charge >= 0.3 is 0 Å². The molecule has 0 aliphatic carbocycles. The van der Waals surface area contributed by atoms with Crippen molar-refractivity contribution in [2.45, 2.75) is 57.3 Å². The van der Waals surface area contributed by atoms with Crippen LogP contribution < -0.4 is 10.6 Å². The summed E-state index contributed by atoms with van der Waals surface area (Å²) in [6, 6.07) is 19.4. The van der Waals surface area contributed by atoms with Gasteiger partial charge in [-0.3, -0.25) is 9.20 Å². The first kappa shape index (κ1) is 27.1. The van der Waals surface area contributed by atoms with Crippen molar-refractivity contribution >= 4 is 34.7 Å². The summed E-state index contributed by atoms with van der Waals surface area (Å²) in [5.74, 6) is 1.37. The highest BCUT2D eigenvalue weighted by Crippen LogP contribution is 2.29. The molecule has 0 fully saturated rings. The van der Waals surface area contributed by atoms with E-state index < -0.39 is 0 Å². The summed E-state index contributed by atoms with van der Waals surface area (Å²) >= 11 is 1.57. The minimum atomic E-state index is -0.358. The minimum absolute atomic E-state index is 0.253. The van der Waals surface area contributed by atoms with Crippen LogP contribution in [0.5, 0.6) is 0 Å². The van der Waals surface area contributed by atoms with E-state index in [1.54, 1.807) is 23.9 Å². The summed E-state index contributed by atoms with van der Waals surface area (Å²) in [4.78, 5) is 15.3. The summed E-state index contributed by atoms with van der Waals surface area (Å²) < 4.78 is 2.02. The van der Waals surface area contributed by atoms with Crippen LogP contribution in [0.25, 0.3) is 5.65 Å². The molecule has 0 saturated heterocycles. The quantitative estimate of drug-likeness (QED) is 0.214. The van der Waals surface area contributed by atoms with E-state index in [2.05, 4.69) is 34.7 Å². The van der Waals surface area contributed by atoms with Crippen molar-refractivity contribution in [3.05, 3.63) is 95.7 Å². The normalized spacial score (nSPS) is 12.1. The fraction of sp³-hybridized carbons (Fsp3) is 0.267. The maximum absolute atomic E-state index is 13.3. The Balaban J connectivity index is 1.55. The van der Waals surface area contributed by atoms with Crippen molar-refractivity contribution in [2.75, 3.05) is 5.32 Å². The molecule has 196 valence electrons. The van der Waals surface area contributed by atoms with Gasteiger partial charge in [0.25, 0.3) is 5.91 Å². The molecule has 2 aromatic heterocycles. The van der Waals surface area contributed by atoms with Crippen molar-refractivity contribution < 1.29 is 4.79 Å². The molecule has 38 heavy (non-hydrogen) atoms. The second-order valence-corrected chi connectivity index (χ2v) is 11.7. The average Bonchev–Trinajstić information content (AvgIpc) is 3.28. The molecule has 4 rings (SSSR count). The first-order chi connectivity index (χ1) is 18.0. The number of aryl methyl sites for hydroxylation is 1. The standard InChI is InChI=1S/C30H34N6OS/c1-19(2)28-35-34-27-15-14-24(18-36(27)28)38-23-9-7-8-21(16-23)29(37)33-26(17-25(31)30(4,5)6)32-22-12-10-20(3)11-13-22/h7-19,31-32H,1-6H3,(H,33,37)/b26-17+,31-25?. The number of benzene rings is 2. The van der Waals surface area contributed by atoms with Crippen LogP contribution >= 0.6 is 11.8 Å². The van der Waals surface area contributed by atoms with Gasteiger partial charge in [-0.2, -0.15) is 0 Å². The molecule has 7 nitrogen and oxygen atoms in total. The average molecular weight is 527 g/mol. The Morgan fingerprint density at radius 3 is 2.45 bits per heavy atom. The lowest BCUT2D eigenvalue weighted by Crippen LogP contribution is -2.29. The van der Waals surface area contributed by atoms with Gasteiger partial charge in [0, 0.05) is 50.4 Å². The third-order valence-electron chi connectivity index (χ3n) is 5.93. The smallest absolute Gasteiger partial charge is 0.256 e. The van der Waals surface area contributed by atoms with Gasteiger partial charge in [-0.25, -0.2) is 0 Å². The lowest BCUT2D eigenvalue weighted by atomic mass is 9.90. The number of rotatable bonds is 8. The predicted molar refractivity (Wildman–Crippen MR) is 155 cm³/mol. The minimum Gasteiger partial charge on any atom is -0.342 e. The number of hydrogen-bond donors (Lipinski definition) is 3. The molecule has 0 bridgehead atoms. The van der Waals surface area contributed by atoms with Gasteiger partial charge in [-0.1, -0.05) is 70.1 Å². The van der Waals surface area contributed by atoms with Crippen LogP contribution in [0, 0.1) is 17.7 Å². The molecule has 1 amide bonds. The maximum atomic E-state index is 13.3. The fourth-order valence-corrected chi connectivity index (χ4v) is 4.53. The van der Waals surface area contributed by atoms with Crippen LogP contribution in [0.15, 0.2) is 88.5 Å².